The van der Waals surface area contributed by atoms with Gasteiger partial charge in [-0.3, -0.25) is 0 Å². The molecule has 170 valence electrons. The fraction of sp³-hybridized carbons (Fsp3) is 0.0667. The number of aliphatic hydroxyl groups excluding tert-OH is 1. The zero-order valence-electron chi connectivity index (χ0n) is 18.8. The minimum absolute atomic E-state index is 0.0671. The van der Waals surface area contributed by atoms with E-state index in [-0.39, 0.29) is 5.56 Å². The number of aromatic nitrogens is 2. The van der Waals surface area contributed by atoms with Crippen molar-refractivity contribution in [2.45, 2.75) is 11.5 Å². The van der Waals surface area contributed by atoms with Crippen molar-refractivity contribution in [3.63, 3.8) is 0 Å². The van der Waals surface area contributed by atoms with Crippen molar-refractivity contribution in [2.75, 3.05) is 0 Å². The van der Waals surface area contributed by atoms with Crippen molar-refractivity contribution >= 4 is 0 Å². The first-order valence-electron chi connectivity index (χ1n) is 11.2. The summed E-state index contributed by atoms with van der Waals surface area (Å²) in [7, 11) is 0. The van der Waals surface area contributed by atoms with Crippen LogP contribution in [-0.2, 0) is 5.41 Å². The molecule has 1 unspecified atom stereocenters. The molecule has 5 heteroatoms. The Morgan fingerprint density at radius 2 is 1.31 bits per heavy atom. The van der Waals surface area contributed by atoms with Gasteiger partial charge in [0.05, 0.1) is 17.5 Å². The van der Waals surface area contributed by atoms with E-state index in [9.17, 15) is 9.50 Å². The molecule has 1 heterocycles. The van der Waals surface area contributed by atoms with Crippen molar-refractivity contribution in [1.82, 2.24) is 9.97 Å². The molecule has 1 atom stereocenters. The molecule has 0 aliphatic heterocycles. The zero-order chi connectivity index (χ0) is 24.3. The normalized spacial score (nSPS) is 12.1. The van der Waals surface area contributed by atoms with Crippen LogP contribution in [0.1, 0.15) is 45.4 Å². The van der Waals surface area contributed by atoms with Gasteiger partial charge in [-0.2, -0.15) is 5.26 Å². The monoisotopic (exact) mass is 459 g/mol. The maximum absolute atomic E-state index is 14.2. The van der Waals surface area contributed by atoms with E-state index in [0.29, 0.717) is 17.1 Å². The standard InChI is InChI=1S/C30H22FN3O/c31-26-18-21(16-17-22(26)19-32)28(35)27-20-33-29(34-27)30(23-10-4-1-5-11-23,24-12-6-2-7-13-24)25-14-8-3-9-15-25/h1-18,20,28,35H,(H,33,34). The molecule has 4 aromatic carbocycles. The second kappa shape index (κ2) is 9.38. The molecule has 2 N–H and O–H groups in total. The molecule has 0 aliphatic rings. The topological polar surface area (TPSA) is 72.7 Å². The highest BCUT2D eigenvalue weighted by atomic mass is 19.1. The summed E-state index contributed by atoms with van der Waals surface area (Å²) in [4.78, 5) is 8.11. The van der Waals surface area contributed by atoms with Crippen molar-refractivity contribution in [3.05, 3.63) is 161 Å². The first-order valence-corrected chi connectivity index (χ1v) is 11.2. The Hall–Kier alpha value is -4.53. The van der Waals surface area contributed by atoms with E-state index >= 15 is 0 Å². The van der Waals surface area contributed by atoms with E-state index in [2.05, 4.69) is 41.4 Å². The highest BCUT2D eigenvalue weighted by Crippen LogP contribution is 2.44. The van der Waals surface area contributed by atoms with Gasteiger partial charge in [-0.1, -0.05) is 97.1 Å². The van der Waals surface area contributed by atoms with Gasteiger partial charge in [-0.15, -0.1) is 0 Å². The maximum atomic E-state index is 14.2. The quantitative estimate of drug-likeness (QED) is 0.311. The van der Waals surface area contributed by atoms with Gasteiger partial charge in [0, 0.05) is 0 Å². The molecular formula is C30H22FN3O. The van der Waals surface area contributed by atoms with E-state index < -0.39 is 17.3 Å². The van der Waals surface area contributed by atoms with Crippen molar-refractivity contribution in [1.29, 1.82) is 5.26 Å². The van der Waals surface area contributed by atoms with Crippen molar-refractivity contribution < 1.29 is 9.50 Å². The van der Waals surface area contributed by atoms with Gasteiger partial charge in [0.25, 0.3) is 0 Å². The molecular weight excluding hydrogens is 437 g/mol. The summed E-state index contributed by atoms with van der Waals surface area (Å²) >= 11 is 0. The Kier molecular flexibility index (Phi) is 5.97. The molecule has 1 aromatic heterocycles. The Morgan fingerprint density at radius 3 is 1.77 bits per heavy atom. The first-order chi connectivity index (χ1) is 17.1. The molecule has 0 aliphatic carbocycles. The summed E-state index contributed by atoms with van der Waals surface area (Å²) in [6.07, 6.45) is 0.443. The van der Waals surface area contributed by atoms with Crippen LogP contribution in [0.15, 0.2) is 115 Å². The number of hydrogen-bond donors (Lipinski definition) is 2. The third-order valence-corrected chi connectivity index (χ3v) is 6.30. The minimum Gasteiger partial charge on any atom is -0.382 e. The van der Waals surface area contributed by atoms with Crippen LogP contribution < -0.4 is 0 Å². The number of aromatic amines is 1. The number of rotatable bonds is 6. The van der Waals surface area contributed by atoms with Gasteiger partial charge >= 0.3 is 0 Å². The summed E-state index contributed by atoms with van der Waals surface area (Å²) < 4.78 is 14.2. The number of nitrogens with zero attached hydrogens (tertiary/aromatic N) is 2. The van der Waals surface area contributed by atoms with Gasteiger partial charge in [0.1, 0.15) is 29.2 Å². The fourth-order valence-electron chi connectivity index (χ4n) is 4.61. The summed E-state index contributed by atoms with van der Waals surface area (Å²) in [6, 6.07) is 36.2. The van der Waals surface area contributed by atoms with Crippen LogP contribution in [0.2, 0.25) is 0 Å². The molecule has 0 radical (unpaired) electrons. The number of nitriles is 1. The number of benzene rings is 4. The Labute approximate surface area is 203 Å². The number of hydrogen-bond acceptors (Lipinski definition) is 3. The lowest BCUT2D eigenvalue weighted by atomic mass is 9.69. The molecule has 0 saturated heterocycles. The zero-order valence-corrected chi connectivity index (χ0v) is 18.8. The second-order valence-corrected chi connectivity index (χ2v) is 8.29. The predicted octanol–water partition coefficient (Wildman–Crippen LogP) is 5.88. The van der Waals surface area contributed by atoms with Gasteiger partial charge in [-0.25, -0.2) is 9.37 Å². The largest absolute Gasteiger partial charge is 0.382 e. The molecule has 4 nitrogen and oxygen atoms in total. The molecule has 0 saturated carbocycles. The average molecular weight is 460 g/mol. The molecule has 5 rings (SSSR count). The van der Waals surface area contributed by atoms with Crippen LogP contribution >= 0.6 is 0 Å². The van der Waals surface area contributed by atoms with E-state index in [1.165, 1.54) is 12.1 Å². The summed E-state index contributed by atoms with van der Waals surface area (Å²) in [5.74, 6) is -0.0414. The molecule has 0 fully saturated rings. The predicted molar refractivity (Wildman–Crippen MR) is 132 cm³/mol. The third kappa shape index (κ3) is 3.90. The van der Waals surface area contributed by atoms with E-state index in [1.807, 2.05) is 54.6 Å². The van der Waals surface area contributed by atoms with Crippen molar-refractivity contribution in [2.24, 2.45) is 0 Å². The number of imidazole rings is 1. The van der Waals surface area contributed by atoms with E-state index in [0.717, 1.165) is 16.7 Å². The second-order valence-electron chi connectivity index (χ2n) is 8.29. The van der Waals surface area contributed by atoms with Crippen LogP contribution in [0, 0.1) is 17.1 Å². The van der Waals surface area contributed by atoms with Gasteiger partial charge < -0.3 is 10.1 Å². The van der Waals surface area contributed by atoms with Crippen LogP contribution in [0.25, 0.3) is 0 Å². The van der Waals surface area contributed by atoms with Gasteiger partial charge in [-0.05, 0) is 34.4 Å². The van der Waals surface area contributed by atoms with Crippen LogP contribution in [0.5, 0.6) is 0 Å². The van der Waals surface area contributed by atoms with E-state index in [4.69, 9.17) is 10.2 Å². The first kappa shape index (κ1) is 22.3. The van der Waals surface area contributed by atoms with Crippen molar-refractivity contribution in [3.8, 4) is 6.07 Å². The lowest BCUT2D eigenvalue weighted by molar-refractivity contribution is 0.215. The highest BCUT2D eigenvalue weighted by molar-refractivity contribution is 5.56. The summed E-state index contributed by atoms with van der Waals surface area (Å²) in [5.41, 5.74) is 2.95. The van der Waals surface area contributed by atoms with Crippen LogP contribution in [0.4, 0.5) is 4.39 Å². The smallest absolute Gasteiger partial charge is 0.141 e. The lowest BCUT2D eigenvalue weighted by Crippen LogP contribution is -2.32. The van der Waals surface area contributed by atoms with Gasteiger partial charge in [0.15, 0.2) is 0 Å². The number of nitrogens with one attached hydrogen (secondary N) is 1. The number of H-pyrrole nitrogens is 1. The Morgan fingerprint density at radius 1 is 0.800 bits per heavy atom. The molecule has 35 heavy (non-hydrogen) atoms. The number of aliphatic hydroxyl groups is 1. The summed E-state index contributed by atoms with van der Waals surface area (Å²) in [5, 5.41) is 20.1. The SMILES string of the molecule is N#Cc1ccc(C(O)c2cnc(C(c3ccccc3)(c3ccccc3)c3ccccc3)[nH]2)cc1F. The van der Waals surface area contributed by atoms with Crippen LogP contribution in [0.3, 0.4) is 0 Å². The fourth-order valence-corrected chi connectivity index (χ4v) is 4.61. The Balaban J connectivity index is 1.71. The average Bonchev–Trinajstić information content (AvgIpc) is 3.41. The minimum atomic E-state index is -1.14. The van der Waals surface area contributed by atoms with Crippen LogP contribution in [-0.4, -0.2) is 15.1 Å². The molecule has 5 aromatic rings. The Bertz CT molecular complexity index is 1380. The van der Waals surface area contributed by atoms with Gasteiger partial charge in [0.2, 0.25) is 0 Å². The highest BCUT2D eigenvalue weighted by Gasteiger charge is 2.41. The summed E-state index contributed by atoms with van der Waals surface area (Å²) in [6.45, 7) is 0. The molecule has 0 amide bonds. The molecule has 0 bridgehead atoms. The third-order valence-electron chi connectivity index (χ3n) is 6.30. The number of halogens is 1. The lowest BCUT2D eigenvalue weighted by Gasteiger charge is -2.34. The maximum Gasteiger partial charge on any atom is 0.141 e. The molecule has 0 spiro atoms. The van der Waals surface area contributed by atoms with E-state index in [1.54, 1.807) is 18.3 Å².